The molecule has 2 aliphatic heterocycles. The standard InChI is InChI=1S/C26H26N2O7/c1-32-18-7-8-19-20(15-18)35-24-21(23(19)29)22(16-3-5-17(6-4-16)26(31)33-2)28(25(24)30)10-9-27-11-13-34-14-12-27/h3-8,15,22H,9-14H2,1-2H3. The molecule has 3 heterocycles. The Hall–Kier alpha value is -3.69. The van der Waals surface area contributed by atoms with E-state index in [9.17, 15) is 14.4 Å². The van der Waals surface area contributed by atoms with Gasteiger partial charge in [-0.05, 0) is 29.8 Å². The number of carbonyl (C=O) groups excluding carboxylic acids is 2. The lowest BCUT2D eigenvalue weighted by molar-refractivity contribution is 0.0314. The molecule has 2 aromatic carbocycles. The highest BCUT2D eigenvalue weighted by Gasteiger charge is 2.42. The summed E-state index contributed by atoms with van der Waals surface area (Å²) in [6.45, 7) is 3.93. The molecule has 1 fully saturated rings. The molecule has 1 unspecified atom stereocenters. The first-order chi connectivity index (χ1) is 17.0. The highest BCUT2D eigenvalue weighted by Crippen LogP contribution is 2.38. The SMILES string of the molecule is COC(=O)c1ccc(C2c3c(oc4cc(OC)ccc4c3=O)C(=O)N2CCN2CCOCC2)cc1. The van der Waals surface area contributed by atoms with Gasteiger partial charge in [0.1, 0.15) is 11.3 Å². The summed E-state index contributed by atoms with van der Waals surface area (Å²) in [7, 11) is 2.85. The van der Waals surface area contributed by atoms with Gasteiger partial charge in [0.2, 0.25) is 5.76 Å². The van der Waals surface area contributed by atoms with E-state index >= 15 is 0 Å². The summed E-state index contributed by atoms with van der Waals surface area (Å²) >= 11 is 0. The average molecular weight is 479 g/mol. The summed E-state index contributed by atoms with van der Waals surface area (Å²) in [4.78, 5) is 43.0. The van der Waals surface area contributed by atoms with E-state index in [4.69, 9.17) is 18.6 Å². The number of fused-ring (bicyclic) bond motifs is 2. The molecule has 1 atom stereocenters. The molecule has 0 saturated carbocycles. The minimum Gasteiger partial charge on any atom is -0.497 e. The number of amides is 1. The number of ether oxygens (including phenoxy) is 3. The predicted octanol–water partition coefficient (Wildman–Crippen LogP) is 2.47. The van der Waals surface area contributed by atoms with Crippen molar-refractivity contribution in [1.82, 2.24) is 9.80 Å². The Morgan fingerprint density at radius 3 is 2.46 bits per heavy atom. The Morgan fingerprint density at radius 2 is 1.77 bits per heavy atom. The average Bonchev–Trinajstić information content (AvgIpc) is 3.18. The minimum atomic E-state index is -0.631. The summed E-state index contributed by atoms with van der Waals surface area (Å²) in [6.07, 6.45) is 0. The van der Waals surface area contributed by atoms with Crippen molar-refractivity contribution in [2.45, 2.75) is 6.04 Å². The van der Waals surface area contributed by atoms with Crippen molar-refractivity contribution in [3.63, 3.8) is 0 Å². The van der Waals surface area contributed by atoms with Crippen molar-refractivity contribution in [1.29, 1.82) is 0 Å². The van der Waals surface area contributed by atoms with Crippen LogP contribution in [0.4, 0.5) is 0 Å². The largest absolute Gasteiger partial charge is 0.497 e. The zero-order valence-electron chi connectivity index (χ0n) is 19.6. The third-order valence-electron chi connectivity index (χ3n) is 6.58. The molecule has 5 rings (SSSR count). The fourth-order valence-electron chi connectivity index (χ4n) is 4.70. The Balaban J connectivity index is 1.59. The molecular weight excluding hydrogens is 452 g/mol. The van der Waals surface area contributed by atoms with Crippen LogP contribution in [-0.2, 0) is 9.47 Å². The maximum absolute atomic E-state index is 13.6. The van der Waals surface area contributed by atoms with Crippen molar-refractivity contribution in [2.75, 3.05) is 53.6 Å². The number of methoxy groups -OCH3 is 2. The molecule has 1 saturated heterocycles. The van der Waals surface area contributed by atoms with Gasteiger partial charge in [-0.15, -0.1) is 0 Å². The second-order valence-electron chi connectivity index (χ2n) is 8.50. The first-order valence-corrected chi connectivity index (χ1v) is 11.5. The number of esters is 1. The number of nitrogens with zero attached hydrogens (tertiary/aromatic N) is 2. The van der Waals surface area contributed by atoms with Gasteiger partial charge in [-0.1, -0.05) is 12.1 Å². The third kappa shape index (κ3) is 4.17. The second-order valence-corrected chi connectivity index (χ2v) is 8.50. The number of hydrogen-bond acceptors (Lipinski definition) is 8. The van der Waals surface area contributed by atoms with Crippen molar-refractivity contribution < 1.29 is 28.2 Å². The van der Waals surface area contributed by atoms with E-state index < -0.39 is 12.0 Å². The van der Waals surface area contributed by atoms with Crippen LogP contribution in [0.5, 0.6) is 5.75 Å². The molecule has 0 aliphatic carbocycles. The summed E-state index contributed by atoms with van der Waals surface area (Å²) in [5.74, 6) is -0.217. The van der Waals surface area contributed by atoms with Gasteiger partial charge in [0.25, 0.3) is 5.91 Å². The van der Waals surface area contributed by atoms with Crippen LogP contribution in [0.3, 0.4) is 0 Å². The monoisotopic (exact) mass is 478 g/mol. The van der Waals surface area contributed by atoms with E-state index in [0.29, 0.717) is 59.7 Å². The normalized spacial score (nSPS) is 18.1. The van der Waals surface area contributed by atoms with Gasteiger partial charge >= 0.3 is 5.97 Å². The number of carbonyl (C=O) groups is 2. The van der Waals surface area contributed by atoms with E-state index in [1.807, 2.05) is 0 Å². The minimum absolute atomic E-state index is 0.0415. The van der Waals surface area contributed by atoms with Crippen LogP contribution >= 0.6 is 0 Å². The molecule has 0 spiro atoms. The topological polar surface area (TPSA) is 98.5 Å². The Morgan fingerprint density at radius 1 is 1.03 bits per heavy atom. The molecule has 2 aliphatic rings. The maximum atomic E-state index is 13.6. The summed E-state index contributed by atoms with van der Waals surface area (Å²) in [5, 5.41) is 0.378. The molecule has 182 valence electrons. The molecule has 9 nitrogen and oxygen atoms in total. The van der Waals surface area contributed by atoms with Crippen LogP contribution in [0, 0.1) is 0 Å². The molecule has 0 radical (unpaired) electrons. The van der Waals surface area contributed by atoms with Gasteiger partial charge in [-0.3, -0.25) is 14.5 Å². The fourth-order valence-corrected chi connectivity index (χ4v) is 4.70. The Labute approximate surface area is 201 Å². The van der Waals surface area contributed by atoms with E-state index in [-0.39, 0.29) is 17.1 Å². The van der Waals surface area contributed by atoms with E-state index in [1.54, 1.807) is 47.4 Å². The van der Waals surface area contributed by atoms with Gasteiger partial charge in [0.05, 0.1) is 50.0 Å². The highest BCUT2D eigenvalue weighted by atomic mass is 16.5. The van der Waals surface area contributed by atoms with Gasteiger partial charge in [0.15, 0.2) is 5.43 Å². The zero-order chi connectivity index (χ0) is 24.5. The lowest BCUT2D eigenvalue weighted by atomic mass is 9.97. The number of morpholine rings is 1. The van der Waals surface area contributed by atoms with Gasteiger partial charge in [-0.2, -0.15) is 0 Å². The van der Waals surface area contributed by atoms with Gasteiger partial charge in [0, 0.05) is 32.2 Å². The number of rotatable bonds is 6. The van der Waals surface area contributed by atoms with Gasteiger partial charge < -0.3 is 23.5 Å². The quantitative estimate of drug-likeness (QED) is 0.499. The Kier molecular flexibility index (Phi) is 6.27. The van der Waals surface area contributed by atoms with Crippen molar-refractivity contribution in [3.8, 4) is 5.75 Å². The lowest BCUT2D eigenvalue weighted by Crippen LogP contribution is -2.42. The summed E-state index contributed by atoms with van der Waals surface area (Å²) in [6, 6.07) is 11.1. The van der Waals surface area contributed by atoms with Gasteiger partial charge in [-0.25, -0.2) is 4.79 Å². The third-order valence-corrected chi connectivity index (χ3v) is 6.58. The first-order valence-electron chi connectivity index (χ1n) is 11.5. The van der Waals surface area contributed by atoms with Crippen LogP contribution in [0.1, 0.15) is 38.1 Å². The zero-order valence-corrected chi connectivity index (χ0v) is 19.6. The molecule has 1 amide bonds. The van der Waals surface area contributed by atoms with Crippen LogP contribution in [0.15, 0.2) is 51.7 Å². The number of benzene rings is 2. The second kappa shape index (κ2) is 9.52. The fraction of sp³-hybridized carbons (Fsp3) is 0.346. The molecule has 0 bridgehead atoms. The lowest BCUT2D eigenvalue weighted by Gasteiger charge is -2.31. The van der Waals surface area contributed by atoms with E-state index in [1.165, 1.54) is 14.2 Å². The number of hydrogen-bond donors (Lipinski definition) is 0. The molecular formula is C26H26N2O7. The molecule has 1 aromatic heterocycles. The molecule has 3 aromatic rings. The molecule has 35 heavy (non-hydrogen) atoms. The van der Waals surface area contributed by atoms with Crippen molar-refractivity contribution in [3.05, 3.63) is 75.1 Å². The van der Waals surface area contributed by atoms with E-state index in [0.717, 1.165) is 13.1 Å². The van der Waals surface area contributed by atoms with Crippen molar-refractivity contribution >= 4 is 22.8 Å². The smallest absolute Gasteiger partial charge is 0.337 e. The van der Waals surface area contributed by atoms with Crippen LogP contribution in [0.2, 0.25) is 0 Å². The molecule has 0 N–H and O–H groups in total. The summed E-state index contributed by atoms with van der Waals surface area (Å²) in [5.41, 5.74) is 1.45. The van der Waals surface area contributed by atoms with Crippen LogP contribution in [-0.4, -0.2) is 75.3 Å². The van der Waals surface area contributed by atoms with E-state index in [2.05, 4.69) is 4.90 Å². The highest BCUT2D eigenvalue weighted by molar-refractivity contribution is 5.99. The van der Waals surface area contributed by atoms with Crippen LogP contribution < -0.4 is 10.2 Å². The maximum Gasteiger partial charge on any atom is 0.337 e. The van der Waals surface area contributed by atoms with Crippen molar-refractivity contribution in [2.24, 2.45) is 0 Å². The first kappa shape index (κ1) is 23.1. The van der Waals surface area contributed by atoms with Crippen LogP contribution in [0.25, 0.3) is 11.0 Å². The molecule has 9 heteroatoms. The predicted molar refractivity (Wildman–Crippen MR) is 127 cm³/mol. The Bertz CT molecular complexity index is 1330. The summed E-state index contributed by atoms with van der Waals surface area (Å²) < 4.78 is 21.5.